The zero-order valence-corrected chi connectivity index (χ0v) is 12.3. The Balaban J connectivity index is 2.41. The third-order valence-corrected chi connectivity index (χ3v) is 4.14. The summed E-state index contributed by atoms with van der Waals surface area (Å²) in [6.45, 7) is 4.73. The first kappa shape index (κ1) is 15.4. The van der Waals surface area contributed by atoms with Gasteiger partial charge in [-0.25, -0.2) is 0 Å². The molecule has 1 rings (SSSR count). The third kappa shape index (κ3) is 5.78. The van der Waals surface area contributed by atoms with Crippen LogP contribution in [0, 0.1) is 11.8 Å². The maximum Gasteiger partial charge on any atom is 0.320 e. The molecule has 0 fully saturated rings. The van der Waals surface area contributed by atoms with Crippen molar-refractivity contribution in [3.63, 3.8) is 0 Å². The monoisotopic (exact) mass is 286 g/mol. The molecule has 0 aliphatic carbocycles. The van der Waals surface area contributed by atoms with Gasteiger partial charge in [-0.2, -0.15) is 0 Å². The van der Waals surface area contributed by atoms with Gasteiger partial charge in [0.15, 0.2) is 0 Å². The van der Waals surface area contributed by atoms with Crippen molar-refractivity contribution in [3.8, 4) is 0 Å². The van der Waals surface area contributed by atoms with E-state index in [1.54, 1.807) is 11.8 Å². The van der Waals surface area contributed by atoms with Gasteiger partial charge in [0, 0.05) is 16.6 Å². The van der Waals surface area contributed by atoms with E-state index in [9.17, 15) is 4.79 Å². The Morgan fingerprint density at radius 2 is 2.00 bits per heavy atom. The first-order valence-corrected chi connectivity index (χ1v) is 7.55. The Bertz CT molecular complexity index is 354. The van der Waals surface area contributed by atoms with Crippen LogP contribution in [0.4, 0.5) is 0 Å². The quantitative estimate of drug-likeness (QED) is 0.433. The van der Waals surface area contributed by atoms with Crippen LogP contribution in [0.25, 0.3) is 0 Å². The van der Waals surface area contributed by atoms with Crippen LogP contribution in [0.15, 0.2) is 35.2 Å². The summed E-state index contributed by atoms with van der Waals surface area (Å²) in [5, 5.41) is 0. The van der Waals surface area contributed by atoms with Gasteiger partial charge in [0.25, 0.3) is 0 Å². The highest BCUT2D eigenvalue weighted by molar-refractivity contribution is 7.99. The molecule has 4 heteroatoms. The molecular weight excluding hydrogens is 268 g/mol. The van der Waals surface area contributed by atoms with Gasteiger partial charge in [0.2, 0.25) is 0 Å². The van der Waals surface area contributed by atoms with Crippen LogP contribution < -0.4 is 0 Å². The van der Waals surface area contributed by atoms with Crippen molar-refractivity contribution in [2.24, 2.45) is 11.8 Å². The molecule has 0 bridgehead atoms. The summed E-state index contributed by atoms with van der Waals surface area (Å²) >= 11 is 7.20. The molecule has 0 aliphatic rings. The molecule has 1 aromatic rings. The zero-order chi connectivity index (χ0) is 13.4. The molecule has 1 atom stereocenters. The van der Waals surface area contributed by atoms with Gasteiger partial charge >= 0.3 is 5.97 Å². The molecule has 0 N–H and O–H groups in total. The standard InChI is InChI=1S/C14H19ClO2S/c1-11(2)12(9-17-14(16)8-15)10-18-13-6-4-3-5-7-13/h3-7,11-12H,8-10H2,1-2H3/t12-/m0/s1. The van der Waals surface area contributed by atoms with Crippen LogP contribution in [0.1, 0.15) is 13.8 Å². The number of carbonyl (C=O) groups excluding carboxylic acids is 1. The minimum absolute atomic E-state index is 0.0728. The van der Waals surface area contributed by atoms with Crippen molar-refractivity contribution < 1.29 is 9.53 Å². The van der Waals surface area contributed by atoms with Gasteiger partial charge in [-0.15, -0.1) is 23.4 Å². The highest BCUT2D eigenvalue weighted by Crippen LogP contribution is 2.24. The van der Waals surface area contributed by atoms with Gasteiger partial charge in [-0.1, -0.05) is 32.0 Å². The molecule has 0 radical (unpaired) electrons. The van der Waals surface area contributed by atoms with E-state index in [1.807, 2.05) is 18.2 Å². The van der Waals surface area contributed by atoms with E-state index in [4.69, 9.17) is 16.3 Å². The predicted molar refractivity (Wildman–Crippen MR) is 77.2 cm³/mol. The number of benzene rings is 1. The number of hydrogen-bond donors (Lipinski definition) is 0. The van der Waals surface area contributed by atoms with Crippen LogP contribution in [0.3, 0.4) is 0 Å². The van der Waals surface area contributed by atoms with Gasteiger partial charge < -0.3 is 4.74 Å². The Morgan fingerprint density at radius 3 is 2.56 bits per heavy atom. The molecule has 100 valence electrons. The van der Waals surface area contributed by atoms with Gasteiger partial charge in [-0.3, -0.25) is 4.79 Å². The lowest BCUT2D eigenvalue weighted by molar-refractivity contribution is -0.142. The van der Waals surface area contributed by atoms with E-state index < -0.39 is 0 Å². The van der Waals surface area contributed by atoms with E-state index in [0.29, 0.717) is 18.4 Å². The summed E-state index contributed by atoms with van der Waals surface area (Å²) < 4.78 is 5.12. The van der Waals surface area contributed by atoms with Gasteiger partial charge in [-0.05, 0) is 18.1 Å². The summed E-state index contributed by atoms with van der Waals surface area (Å²) in [6, 6.07) is 10.2. The lowest BCUT2D eigenvalue weighted by Gasteiger charge is -2.20. The van der Waals surface area contributed by atoms with Crippen LogP contribution >= 0.6 is 23.4 Å². The molecule has 0 spiro atoms. The first-order valence-electron chi connectivity index (χ1n) is 6.03. The van der Waals surface area contributed by atoms with E-state index in [2.05, 4.69) is 26.0 Å². The van der Waals surface area contributed by atoms with Gasteiger partial charge in [0.1, 0.15) is 5.88 Å². The molecule has 0 aromatic heterocycles. The fourth-order valence-corrected chi connectivity index (χ4v) is 2.71. The van der Waals surface area contributed by atoms with Crippen molar-refractivity contribution in [1.29, 1.82) is 0 Å². The van der Waals surface area contributed by atoms with Crippen LogP contribution in [-0.2, 0) is 9.53 Å². The second-order valence-electron chi connectivity index (χ2n) is 4.44. The maximum absolute atomic E-state index is 11.1. The minimum atomic E-state index is -0.341. The Morgan fingerprint density at radius 1 is 1.33 bits per heavy atom. The Labute approximate surface area is 118 Å². The molecular formula is C14H19ClO2S. The molecule has 0 unspecified atom stereocenters. The molecule has 0 aliphatic heterocycles. The largest absolute Gasteiger partial charge is 0.464 e. The van der Waals surface area contributed by atoms with Gasteiger partial charge in [0.05, 0.1) is 6.61 Å². The number of alkyl halides is 1. The van der Waals surface area contributed by atoms with E-state index in [-0.39, 0.29) is 11.8 Å². The Hall–Kier alpha value is -0.670. The van der Waals surface area contributed by atoms with Crippen molar-refractivity contribution in [3.05, 3.63) is 30.3 Å². The minimum Gasteiger partial charge on any atom is -0.464 e. The fraction of sp³-hybridized carbons (Fsp3) is 0.500. The van der Waals surface area contributed by atoms with E-state index in [1.165, 1.54) is 4.90 Å². The number of rotatable bonds is 7. The van der Waals surface area contributed by atoms with Crippen LogP contribution in [-0.4, -0.2) is 24.2 Å². The highest BCUT2D eigenvalue weighted by Gasteiger charge is 2.16. The topological polar surface area (TPSA) is 26.3 Å². The first-order chi connectivity index (χ1) is 8.63. The lowest BCUT2D eigenvalue weighted by Crippen LogP contribution is -2.21. The number of hydrogen-bond acceptors (Lipinski definition) is 3. The molecule has 0 amide bonds. The van der Waals surface area contributed by atoms with E-state index in [0.717, 1.165) is 5.75 Å². The van der Waals surface area contributed by atoms with Crippen LogP contribution in [0.2, 0.25) is 0 Å². The van der Waals surface area contributed by atoms with Crippen molar-refractivity contribution in [1.82, 2.24) is 0 Å². The van der Waals surface area contributed by atoms with Crippen molar-refractivity contribution >= 4 is 29.3 Å². The summed E-state index contributed by atoms with van der Waals surface area (Å²) in [6.07, 6.45) is 0. The zero-order valence-electron chi connectivity index (χ0n) is 10.8. The average molecular weight is 287 g/mol. The molecule has 2 nitrogen and oxygen atoms in total. The molecule has 0 saturated heterocycles. The SMILES string of the molecule is CC(C)[C@@H](COC(=O)CCl)CSc1ccccc1. The Kier molecular flexibility index (Phi) is 7.21. The maximum atomic E-state index is 11.1. The normalized spacial score (nSPS) is 12.4. The fourth-order valence-electron chi connectivity index (χ4n) is 1.39. The van der Waals surface area contributed by atoms with Crippen LogP contribution in [0.5, 0.6) is 0 Å². The molecule has 0 saturated carbocycles. The molecule has 0 heterocycles. The smallest absolute Gasteiger partial charge is 0.320 e. The predicted octanol–water partition coefficient (Wildman–Crippen LogP) is 3.83. The summed E-state index contributed by atoms with van der Waals surface area (Å²) in [5.41, 5.74) is 0. The lowest BCUT2D eigenvalue weighted by atomic mass is 9.99. The van der Waals surface area contributed by atoms with Crippen molar-refractivity contribution in [2.45, 2.75) is 18.7 Å². The summed E-state index contributed by atoms with van der Waals surface area (Å²) in [7, 11) is 0. The number of halogens is 1. The summed E-state index contributed by atoms with van der Waals surface area (Å²) in [4.78, 5) is 12.3. The number of thioether (sulfide) groups is 1. The van der Waals surface area contributed by atoms with Crippen molar-refractivity contribution in [2.75, 3.05) is 18.2 Å². The number of carbonyl (C=O) groups is 1. The molecule has 18 heavy (non-hydrogen) atoms. The molecule has 1 aromatic carbocycles. The third-order valence-electron chi connectivity index (χ3n) is 2.72. The second-order valence-corrected chi connectivity index (χ2v) is 5.81. The van der Waals surface area contributed by atoms with E-state index >= 15 is 0 Å². The second kappa shape index (κ2) is 8.44. The highest BCUT2D eigenvalue weighted by atomic mass is 35.5. The summed E-state index contributed by atoms with van der Waals surface area (Å²) in [5.74, 6) is 1.35. The number of ether oxygens (including phenoxy) is 1. The average Bonchev–Trinajstić information content (AvgIpc) is 2.39. The number of esters is 1.